The van der Waals surface area contributed by atoms with Crippen molar-refractivity contribution in [1.29, 1.82) is 0 Å². The molecular formula is C12H14ClN3O. The van der Waals surface area contributed by atoms with Crippen LogP contribution in [0.2, 0.25) is 5.15 Å². The first-order valence-electron chi connectivity index (χ1n) is 5.87. The lowest BCUT2D eigenvalue weighted by atomic mass is 10.1. The first-order chi connectivity index (χ1) is 8.29. The normalized spacial score (nSPS) is 24.6. The SMILES string of the molecule is OCC1CCC(n2ccc3c(Cl)ncnc32)C1. The summed E-state index contributed by atoms with van der Waals surface area (Å²) in [5, 5.41) is 10.6. The van der Waals surface area contributed by atoms with Crippen molar-refractivity contribution in [3.63, 3.8) is 0 Å². The van der Waals surface area contributed by atoms with Gasteiger partial charge in [-0.3, -0.25) is 0 Å². The lowest BCUT2D eigenvalue weighted by molar-refractivity contribution is 0.226. The fourth-order valence-electron chi connectivity index (χ4n) is 2.70. The van der Waals surface area contributed by atoms with Gasteiger partial charge in [-0.1, -0.05) is 11.6 Å². The number of fused-ring (bicyclic) bond motifs is 1. The van der Waals surface area contributed by atoms with Crippen LogP contribution >= 0.6 is 11.6 Å². The highest BCUT2D eigenvalue weighted by Gasteiger charge is 2.26. The van der Waals surface area contributed by atoms with Crippen LogP contribution in [-0.4, -0.2) is 26.2 Å². The molecule has 4 nitrogen and oxygen atoms in total. The zero-order valence-corrected chi connectivity index (χ0v) is 10.1. The van der Waals surface area contributed by atoms with Gasteiger partial charge in [0, 0.05) is 18.8 Å². The third-order valence-electron chi connectivity index (χ3n) is 3.63. The number of hydrogen-bond donors (Lipinski definition) is 1. The van der Waals surface area contributed by atoms with Gasteiger partial charge < -0.3 is 9.67 Å². The molecule has 3 rings (SSSR count). The fraction of sp³-hybridized carbons (Fsp3) is 0.500. The molecule has 0 amide bonds. The summed E-state index contributed by atoms with van der Waals surface area (Å²) in [5.74, 6) is 0.426. The Balaban J connectivity index is 1.99. The zero-order chi connectivity index (χ0) is 11.8. The lowest BCUT2D eigenvalue weighted by Crippen LogP contribution is -2.06. The average Bonchev–Trinajstić information content (AvgIpc) is 2.94. The van der Waals surface area contributed by atoms with Gasteiger partial charge in [-0.15, -0.1) is 0 Å². The minimum atomic E-state index is 0.283. The number of nitrogens with zero attached hydrogens (tertiary/aromatic N) is 3. The van der Waals surface area contributed by atoms with Crippen LogP contribution in [0.25, 0.3) is 11.0 Å². The van der Waals surface area contributed by atoms with Crippen LogP contribution in [0.15, 0.2) is 18.6 Å². The van der Waals surface area contributed by atoms with E-state index in [-0.39, 0.29) is 6.61 Å². The average molecular weight is 252 g/mol. The lowest BCUT2D eigenvalue weighted by Gasteiger charge is -2.13. The maximum atomic E-state index is 9.18. The van der Waals surface area contributed by atoms with E-state index in [4.69, 9.17) is 11.6 Å². The molecule has 1 saturated carbocycles. The summed E-state index contributed by atoms with van der Waals surface area (Å²) < 4.78 is 2.17. The van der Waals surface area contributed by atoms with Crippen LogP contribution < -0.4 is 0 Å². The van der Waals surface area contributed by atoms with Crippen LogP contribution in [0.5, 0.6) is 0 Å². The van der Waals surface area contributed by atoms with Gasteiger partial charge in [-0.2, -0.15) is 0 Å². The standard InChI is InChI=1S/C12H14ClN3O/c13-11-10-3-4-16(12(10)15-7-14-11)9-2-1-8(5-9)6-17/h3-4,7-9,17H,1-2,5-6H2. The highest BCUT2D eigenvalue weighted by molar-refractivity contribution is 6.33. The maximum Gasteiger partial charge on any atom is 0.145 e. The van der Waals surface area contributed by atoms with Gasteiger partial charge in [0.25, 0.3) is 0 Å². The minimum absolute atomic E-state index is 0.283. The van der Waals surface area contributed by atoms with E-state index in [0.29, 0.717) is 17.1 Å². The van der Waals surface area contributed by atoms with E-state index < -0.39 is 0 Å². The molecule has 0 aromatic carbocycles. The van der Waals surface area contributed by atoms with Gasteiger partial charge in [0.15, 0.2) is 0 Å². The molecular weight excluding hydrogens is 238 g/mol. The Labute approximate surface area is 104 Å². The van der Waals surface area contributed by atoms with E-state index in [2.05, 4.69) is 14.5 Å². The molecule has 0 saturated heterocycles. The van der Waals surface area contributed by atoms with Gasteiger partial charge in [-0.25, -0.2) is 9.97 Å². The number of aliphatic hydroxyl groups excluding tert-OH is 1. The molecule has 2 atom stereocenters. The van der Waals surface area contributed by atoms with Crippen molar-refractivity contribution >= 4 is 22.6 Å². The van der Waals surface area contributed by atoms with E-state index in [0.717, 1.165) is 30.3 Å². The van der Waals surface area contributed by atoms with Crippen molar-refractivity contribution in [2.75, 3.05) is 6.61 Å². The number of aliphatic hydroxyl groups is 1. The van der Waals surface area contributed by atoms with Gasteiger partial charge in [0.05, 0.1) is 5.39 Å². The molecule has 0 aliphatic heterocycles. The Hall–Kier alpha value is -1.13. The van der Waals surface area contributed by atoms with Crippen molar-refractivity contribution in [2.24, 2.45) is 5.92 Å². The molecule has 0 radical (unpaired) electrons. The number of aromatic nitrogens is 3. The molecule has 0 spiro atoms. The second kappa shape index (κ2) is 4.27. The molecule has 2 heterocycles. The quantitative estimate of drug-likeness (QED) is 0.834. The summed E-state index contributed by atoms with van der Waals surface area (Å²) in [6.45, 7) is 0.283. The third-order valence-corrected chi connectivity index (χ3v) is 3.93. The van der Waals surface area contributed by atoms with E-state index in [1.807, 2.05) is 12.3 Å². The second-order valence-electron chi connectivity index (χ2n) is 4.64. The monoisotopic (exact) mass is 251 g/mol. The maximum absolute atomic E-state index is 9.18. The Morgan fingerprint density at radius 2 is 2.29 bits per heavy atom. The summed E-state index contributed by atoms with van der Waals surface area (Å²) in [5.41, 5.74) is 0.897. The summed E-state index contributed by atoms with van der Waals surface area (Å²) in [6.07, 6.45) is 6.72. The van der Waals surface area contributed by atoms with Crippen LogP contribution in [0.3, 0.4) is 0 Å². The fourth-order valence-corrected chi connectivity index (χ4v) is 2.89. The minimum Gasteiger partial charge on any atom is -0.396 e. The van der Waals surface area contributed by atoms with E-state index in [1.165, 1.54) is 6.33 Å². The van der Waals surface area contributed by atoms with Gasteiger partial charge in [0.2, 0.25) is 0 Å². The van der Waals surface area contributed by atoms with Crippen molar-refractivity contribution in [3.8, 4) is 0 Å². The third kappa shape index (κ3) is 1.81. The molecule has 2 unspecified atom stereocenters. The second-order valence-corrected chi connectivity index (χ2v) is 5.00. The smallest absolute Gasteiger partial charge is 0.145 e. The Kier molecular flexibility index (Phi) is 2.76. The number of halogens is 1. The molecule has 1 aliphatic rings. The van der Waals surface area contributed by atoms with Crippen molar-refractivity contribution in [1.82, 2.24) is 14.5 Å². The van der Waals surface area contributed by atoms with E-state index >= 15 is 0 Å². The van der Waals surface area contributed by atoms with Crippen LogP contribution in [-0.2, 0) is 0 Å². The van der Waals surface area contributed by atoms with Crippen molar-refractivity contribution in [2.45, 2.75) is 25.3 Å². The summed E-state index contributed by atoms with van der Waals surface area (Å²) in [4.78, 5) is 8.28. The Morgan fingerprint density at radius 1 is 1.41 bits per heavy atom. The molecule has 17 heavy (non-hydrogen) atoms. The first kappa shape index (κ1) is 11.0. The predicted octanol–water partition coefficient (Wildman–Crippen LogP) is 2.42. The highest BCUT2D eigenvalue weighted by atomic mass is 35.5. The Morgan fingerprint density at radius 3 is 3.06 bits per heavy atom. The predicted molar refractivity (Wildman–Crippen MR) is 66.0 cm³/mol. The molecule has 2 aromatic rings. The van der Waals surface area contributed by atoms with Gasteiger partial charge >= 0.3 is 0 Å². The van der Waals surface area contributed by atoms with E-state index in [9.17, 15) is 5.11 Å². The van der Waals surface area contributed by atoms with Crippen LogP contribution in [0, 0.1) is 5.92 Å². The first-order valence-corrected chi connectivity index (χ1v) is 6.25. The zero-order valence-electron chi connectivity index (χ0n) is 9.38. The summed E-state index contributed by atoms with van der Waals surface area (Å²) in [6, 6.07) is 2.39. The number of hydrogen-bond acceptors (Lipinski definition) is 3. The van der Waals surface area contributed by atoms with Gasteiger partial charge in [0.1, 0.15) is 17.1 Å². The Bertz CT molecular complexity index is 540. The van der Waals surface area contributed by atoms with Crippen molar-refractivity contribution in [3.05, 3.63) is 23.7 Å². The molecule has 2 aromatic heterocycles. The molecule has 0 bridgehead atoms. The topological polar surface area (TPSA) is 50.9 Å². The van der Waals surface area contributed by atoms with E-state index in [1.54, 1.807) is 0 Å². The van der Waals surface area contributed by atoms with Crippen molar-refractivity contribution < 1.29 is 5.11 Å². The molecule has 1 aliphatic carbocycles. The molecule has 1 fully saturated rings. The summed E-state index contributed by atoms with van der Waals surface area (Å²) in [7, 11) is 0. The summed E-state index contributed by atoms with van der Waals surface area (Å²) >= 11 is 6.03. The van der Waals surface area contributed by atoms with Crippen LogP contribution in [0.4, 0.5) is 0 Å². The number of rotatable bonds is 2. The largest absolute Gasteiger partial charge is 0.396 e. The molecule has 1 N–H and O–H groups in total. The molecule has 90 valence electrons. The highest BCUT2D eigenvalue weighted by Crippen LogP contribution is 2.36. The van der Waals surface area contributed by atoms with Gasteiger partial charge in [-0.05, 0) is 31.2 Å². The molecule has 5 heteroatoms. The van der Waals surface area contributed by atoms with Crippen LogP contribution in [0.1, 0.15) is 25.3 Å².